The van der Waals surface area contributed by atoms with Crippen molar-refractivity contribution in [3.63, 3.8) is 0 Å². The quantitative estimate of drug-likeness (QED) is 0.717. The molecule has 0 spiro atoms. The van der Waals surface area contributed by atoms with Gasteiger partial charge in [0.1, 0.15) is 0 Å². The highest BCUT2D eigenvalue weighted by Crippen LogP contribution is 2.19. The van der Waals surface area contributed by atoms with Crippen molar-refractivity contribution in [1.29, 1.82) is 0 Å². The minimum atomic E-state index is -0.929. The van der Waals surface area contributed by atoms with E-state index in [1.165, 1.54) is 0 Å². The van der Waals surface area contributed by atoms with Crippen LogP contribution in [-0.2, 0) is 6.42 Å². The van der Waals surface area contributed by atoms with Crippen molar-refractivity contribution in [3.05, 3.63) is 35.9 Å². The highest BCUT2D eigenvalue weighted by atomic mass is 35.5. The van der Waals surface area contributed by atoms with Crippen LogP contribution in [0.15, 0.2) is 30.3 Å². The van der Waals surface area contributed by atoms with Gasteiger partial charge in [-0.15, -0.1) is 11.6 Å². The van der Waals surface area contributed by atoms with E-state index in [2.05, 4.69) is 0 Å². The molecule has 0 aliphatic heterocycles. The molecule has 0 saturated carbocycles. The van der Waals surface area contributed by atoms with E-state index < -0.39 is 4.87 Å². The van der Waals surface area contributed by atoms with Gasteiger partial charge in [0.2, 0.25) is 0 Å². The molecular formula is C10H13ClO2. The summed E-state index contributed by atoms with van der Waals surface area (Å²) in [6, 6.07) is 9.56. The lowest BCUT2D eigenvalue weighted by molar-refractivity contribution is 0.168. The fourth-order valence-electron chi connectivity index (χ4n) is 1.12. The van der Waals surface area contributed by atoms with E-state index in [0.29, 0.717) is 6.42 Å². The van der Waals surface area contributed by atoms with Crippen LogP contribution in [-0.4, -0.2) is 28.3 Å². The normalized spacial score (nSPS) is 11.6. The third-order valence-electron chi connectivity index (χ3n) is 1.93. The predicted molar refractivity (Wildman–Crippen MR) is 52.9 cm³/mol. The highest BCUT2D eigenvalue weighted by Gasteiger charge is 2.25. The number of aliphatic hydroxyl groups is 2. The van der Waals surface area contributed by atoms with Crippen LogP contribution in [0.2, 0.25) is 0 Å². The second-order valence-electron chi connectivity index (χ2n) is 3.13. The Labute approximate surface area is 82.8 Å². The molecule has 0 radical (unpaired) electrons. The van der Waals surface area contributed by atoms with Crippen LogP contribution in [0.3, 0.4) is 0 Å². The monoisotopic (exact) mass is 200 g/mol. The first-order valence-electron chi connectivity index (χ1n) is 4.15. The van der Waals surface area contributed by atoms with Crippen LogP contribution in [0.5, 0.6) is 0 Å². The van der Waals surface area contributed by atoms with Gasteiger partial charge in [-0.1, -0.05) is 30.3 Å². The van der Waals surface area contributed by atoms with Crippen molar-refractivity contribution in [2.24, 2.45) is 0 Å². The topological polar surface area (TPSA) is 40.5 Å². The number of aliphatic hydroxyl groups excluding tert-OH is 2. The fourth-order valence-corrected chi connectivity index (χ4v) is 1.28. The molecule has 0 amide bonds. The Morgan fingerprint density at radius 2 is 1.62 bits per heavy atom. The first kappa shape index (κ1) is 10.5. The molecule has 2 nitrogen and oxygen atoms in total. The van der Waals surface area contributed by atoms with Gasteiger partial charge in [0.05, 0.1) is 18.1 Å². The molecule has 3 heteroatoms. The summed E-state index contributed by atoms with van der Waals surface area (Å²) in [5.41, 5.74) is 1.01. The van der Waals surface area contributed by atoms with Crippen molar-refractivity contribution in [2.45, 2.75) is 11.3 Å². The molecule has 72 valence electrons. The van der Waals surface area contributed by atoms with Crippen LogP contribution < -0.4 is 0 Å². The number of hydrogen-bond acceptors (Lipinski definition) is 2. The second-order valence-corrected chi connectivity index (χ2v) is 3.93. The van der Waals surface area contributed by atoms with E-state index in [1.54, 1.807) is 0 Å². The van der Waals surface area contributed by atoms with Crippen LogP contribution in [0.25, 0.3) is 0 Å². The zero-order valence-electron chi connectivity index (χ0n) is 7.28. The maximum absolute atomic E-state index is 8.95. The van der Waals surface area contributed by atoms with Gasteiger partial charge < -0.3 is 10.2 Å². The molecule has 0 unspecified atom stereocenters. The molecule has 0 bridgehead atoms. The lowest BCUT2D eigenvalue weighted by atomic mass is 10.0. The molecule has 0 fully saturated rings. The Bertz CT molecular complexity index is 244. The van der Waals surface area contributed by atoms with E-state index in [1.807, 2.05) is 30.3 Å². The zero-order valence-corrected chi connectivity index (χ0v) is 8.04. The van der Waals surface area contributed by atoms with Gasteiger partial charge in [-0.2, -0.15) is 0 Å². The van der Waals surface area contributed by atoms with Crippen LogP contribution >= 0.6 is 11.6 Å². The van der Waals surface area contributed by atoms with Gasteiger partial charge in [0.25, 0.3) is 0 Å². The van der Waals surface area contributed by atoms with Gasteiger partial charge in [-0.05, 0) is 12.0 Å². The molecule has 13 heavy (non-hydrogen) atoms. The second kappa shape index (κ2) is 4.61. The zero-order chi connectivity index (χ0) is 9.73. The summed E-state index contributed by atoms with van der Waals surface area (Å²) in [5.74, 6) is 0. The van der Waals surface area contributed by atoms with Crippen LogP contribution in [0.4, 0.5) is 0 Å². The highest BCUT2D eigenvalue weighted by molar-refractivity contribution is 6.24. The number of rotatable bonds is 4. The van der Waals surface area contributed by atoms with E-state index in [4.69, 9.17) is 21.8 Å². The molecule has 0 aromatic heterocycles. The molecule has 1 rings (SSSR count). The third-order valence-corrected chi connectivity index (χ3v) is 2.30. The van der Waals surface area contributed by atoms with Gasteiger partial charge in [0.15, 0.2) is 0 Å². The van der Waals surface area contributed by atoms with Crippen molar-refractivity contribution >= 4 is 11.6 Å². The molecule has 1 aromatic carbocycles. The Morgan fingerprint density at radius 3 is 2.08 bits per heavy atom. The standard InChI is InChI=1S/C10H13ClO2/c11-10(7-12,8-13)6-9-4-2-1-3-5-9/h1-5,12-13H,6-8H2. The molecule has 0 atom stereocenters. The van der Waals surface area contributed by atoms with Gasteiger partial charge in [-0.25, -0.2) is 0 Å². The maximum Gasteiger partial charge on any atom is 0.0946 e. The summed E-state index contributed by atoms with van der Waals surface area (Å²) >= 11 is 5.94. The number of alkyl halides is 1. The van der Waals surface area contributed by atoms with Gasteiger partial charge in [0, 0.05) is 0 Å². The van der Waals surface area contributed by atoms with E-state index in [-0.39, 0.29) is 13.2 Å². The lowest BCUT2D eigenvalue weighted by Gasteiger charge is -2.21. The summed E-state index contributed by atoms with van der Waals surface area (Å²) in [6.07, 6.45) is 0.475. The smallest absolute Gasteiger partial charge is 0.0946 e. The molecule has 2 N–H and O–H groups in total. The van der Waals surface area contributed by atoms with Crippen molar-refractivity contribution in [3.8, 4) is 0 Å². The average molecular weight is 201 g/mol. The largest absolute Gasteiger partial charge is 0.394 e. The summed E-state index contributed by atoms with van der Waals surface area (Å²) in [4.78, 5) is -0.929. The fraction of sp³-hybridized carbons (Fsp3) is 0.400. The van der Waals surface area contributed by atoms with Crippen molar-refractivity contribution in [1.82, 2.24) is 0 Å². The Morgan fingerprint density at radius 1 is 1.08 bits per heavy atom. The Balaban J connectivity index is 2.68. The first-order chi connectivity index (χ1) is 6.20. The van der Waals surface area contributed by atoms with E-state index in [0.717, 1.165) is 5.56 Å². The molecule has 0 heterocycles. The minimum absolute atomic E-state index is 0.222. The number of hydrogen-bond donors (Lipinski definition) is 2. The first-order valence-corrected chi connectivity index (χ1v) is 4.52. The summed E-state index contributed by atoms with van der Waals surface area (Å²) in [6.45, 7) is -0.445. The minimum Gasteiger partial charge on any atom is -0.394 e. The molecular weight excluding hydrogens is 188 g/mol. The molecule has 1 aromatic rings. The summed E-state index contributed by atoms with van der Waals surface area (Å²) < 4.78 is 0. The number of benzene rings is 1. The van der Waals surface area contributed by atoms with E-state index >= 15 is 0 Å². The summed E-state index contributed by atoms with van der Waals surface area (Å²) in [5, 5.41) is 17.9. The Hall–Kier alpha value is -0.570. The van der Waals surface area contributed by atoms with Gasteiger partial charge >= 0.3 is 0 Å². The predicted octanol–water partition coefficient (Wildman–Crippen LogP) is 1.19. The Kier molecular flexibility index (Phi) is 3.72. The molecule has 0 aliphatic rings. The summed E-state index contributed by atoms with van der Waals surface area (Å²) in [7, 11) is 0. The maximum atomic E-state index is 8.95. The third kappa shape index (κ3) is 2.99. The van der Waals surface area contributed by atoms with Crippen LogP contribution in [0.1, 0.15) is 5.56 Å². The van der Waals surface area contributed by atoms with Crippen LogP contribution in [0, 0.1) is 0 Å². The van der Waals surface area contributed by atoms with Crippen molar-refractivity contribution in [2.75, 3.05) is 13.2 Å². The lowest BCUT2D eigenvalue weighted by Crippen LogP contribution is -2.33. The van der Waals surface area contributed by atoms with Gasteiger partial charge in [-0.3, -0.25) is 0 Å². The van der Waals surface area contributed by atoms with Crippen molar-refractivity contribution < 1.29 is 10.2 Å². The SMILES string of the molecule is OCC(Cl)(CO)Cc1ccccc1. The molecule has 0 aliphatic carbocycles. The van der Waals surface area contributed by atoms with E-state index in [9.17, 15) is 0 Å². The molecule has 0 saturated heterocycles. The average Bonchev–Trinajstić information content (AvgIpc) is 2.19. The number of halogens is 1.